The van der Waals surface area contributed by atoms with Gasteiger partial charge in [-0.2, -0.15) is 61.5 Å². The van der Waals surface area contributed by atoms with Crippen LogP contribution < -0.4 is 10.2 Å². The van der Waals surface area contributed by atoms with Crippen molar-refractivity contribution >= 4 is 17.3 Å². The highest BCUT2D eigenvalue weighted by molar-refractivity contribution is 5.97. The predicted molar refractivity (Wildman–Crippen MR) is 90.0 cm³/mol. The Labute approximate surface area is 190 Å². The molecule has 3 nitrogen and oxygen atoms in total. The van der Waals surface area contributed by atoms with E-state index < -0.39 is 59.5 Å². The van der Waals surface area contributed by atoms with E-state index in [4.69, 9.17) is 0 Å². The summed E-state index contributed by atoms with van der Waals surface area (Å²) in [4.78, 5) is 12.9. The fourth-order valence-electron chi connectivity index (χ4n) is 2.33. The van der Waals surface area contributed by atoms with Gasteiger partial charge >= 0.3 is 53.8 Å². The number of carbonyl (C=O) groups is 1. The van der Waals surface area contributed by atoms with Crippen LogP contribution in [0, 0.1) is 0 Å². The number of nitrogens with zero attached hydrogens (tertiary/aromatic N) is 1. The number of benzene rings is 1. The zero-order chi connectivity index (χ0) is 28.9. The molecule has 36 heavy (non-hydrogen) atoms. The molecule has 0 saturated heterocycles. The van der Waals surface area contributed by atoms with Crippen LogP contribution in [0.3, 0.4) is 0 Å². The Balaban J connectivity index is 3.48. The zero-order valence-electron chi connectivity index (χ0n) is 17.3. The second kappa shape index (κ2) is 9.04. The van der Waals surface area contributed by atoms with Gasteiger partial charge in [0.25, 0.3) is 0 Å². The van der Waals surface area contributed by atoms with Crippen LogP contribution in [0.25, 0.3) is 0 Å². The second-order valence-electron chi connectivity index (χ2n) is 7.27. The molecular formula is C17H12F16N2O. The molecule has 0 unspecified atom stereocenters. The SMILES string of the molecule is CN(C)c1ccc(NC(=O)C(F)(F)C(F)(F)C(F)(F)C(F)(F)C(F)(F)C(F)(F)C(F)(F)C(F)F)cc1. The number of carbonyl (C=O) groups excluding carboxylic acids is 1. The Hall–Kier alpha value is -2.63. The van der Waals surface area contributed by atoms with Crippen LogP contribution in [0.15, 0.2) is 24.3 Å². The van der Waals surface area contributed by atoms with Crippen molar-refractivity contribution in [1.29, 1.82) is 0 Å². The molecule has 1 rings (SSSR count). The van der Waals surface area contributed by atoms with Crippen LogP contribution in [0.1, 0.15) is 0 Å². The Morgan fingerprint density at radius 2 is 1.03 bits per heavy atom. The van der Waals surface area contributed by atoms with E-state index in [1.807, 2.05) is 0 Å². The van der Waals surface area contributed by atoms with Crippen molar-refractivity contribution in [3.8, 4) is 0 Å². The highest BCUT2D eigenvalue weighted by Gasteiger charge is 2.94. The third-order valence-corrected chi connectivity index (χ3v) is 4.59. The molecule has 0 heterocycles. The van der Waals surface area contributed by atoms with E-state index in [1.165, 1.54) is 19.0 Å². The van der Waals surface area contributed by atoms with Crippen LogP contribution >= 0.6 is 0 Å². The monoisotopic (exact) mass is 564 g/mol. The first-order valence-electron chi connectivity index (χ1n) is 8.76. The summed E-state index contributed by atoms with van der Waals surface area (Å²) in [5.74, 6) is -59.7. The first-order valence-corrected chi connectivity index (χ1v) is 8.76. The van der Waals surface area contributed by atoms with Gasteiger partial charge in [-0.25, -0.2) is 8.78 Å². The molecule has 0 spiro atoms. The van der Waals surface area contributed by atoms with Gasteiger partial charge < -0.3 is 10.2 Å². The Morgan fingerprint density at radius 3 is 1.39 bits per heavy atom. The van der Waals surface area contributed by atoms with Gasteiger partial charge in [-0.05, 0) is 24.3 Å². The maximum Gasteiger partial charge on any atom is 0.393 e. The number of amides is 1. The average molecular weight is 564 g/mol. The third kappa shape index (κ3) is 4.37. The van der Waals surface area contributed by atoms with Crippen molar-refractivity contribution in [3.05, 3.63) is 24.3 Å². The summed E-state index contributed by atoms with van der Waals surface area (Å²) in [6.07, 6.45) is -5.92. The lowest BCUT2D eigenvalue weighted by atomic mass is 9.89. The molecule has 208 valence electrons. The summed E-state index contributed by atoms with van der Waals surface area (Å²) in [5.41, 5.74) is -0.565. The van der Waals surface area contributed by atoms with E-state index in [9.17, 15) is 75.0 Å². The molecule has 0 saturated carbocycles. The quantitative estimate of drug-likeness (QED) is 0.334. The lowest BCUT2D eigenvalue weighted by Gasteiger charge is -2.42. The van der Waals surface area contributed by atoms with E-state index in [2.05, 4.69) is 0 Å². The molecule has 0 bridgehead atoms. The van der Waals surface area contributed by atoms with Crippen LogP contribution in [0.5, 0.6) is 0 Å². The number of halogens is 16. The van der Waals surface area contributed by atoms with E-state index in [-0.39, 0.29) is 0 Å². The van der Waals surface area contributed by atoms with E-state index in [1.54, 1.807) is 0 Å². The summed E-state index contributed by atoms with van der Waals surface area (Å²) in [7, 11) is 2.89. The zero-order valence-corrected chi connectivity index (χ0v) is 17.3. The minimum atomic E-state index is -8.55. The van der Waals surface area contributed by atoms with Crippen molar-refractivity contribution in [1.82, 2.24) is 0 Å². The van der Waals surface area contributed by atoms with Crippen molar-refractivity contribution in [2.45, 2.75) is 47.9 Å². The van der Waals surface area contributed by atoms with Crippen molar-refractivity contribution in [3.63, 3.8) is 0 Å². The Bertz CT molecular complexity index is 942. The van der Waals surface area contributed by atoms with Crippen LogP contribution in [-0.4, -0.2) is 67.9 Å². The minimum Gasteiger partial charge on any atom is -0.378 e. The van der Waals surface area contributed by atoms with Gasteiger partial charge in [0.2, 0.25) is 0 Å². The maximum absolute atomic E-state index is 13.9. The van der Waals surface area contributed by atoms with Gasteiger partial charge in [-0.1, -0.05) is 0 Å². The topological polar surface area (TPSA) is 32.3 Å². The van der Waals surface area contributed by atoms with Gasteiger partial charge in [0.05, 0.1) is 0 Å². The minimum absolute atomic E-state index is 0.292. The molecular weight excluding hydrogens is 552 g/mol. The van der Waals surface area contributed by atoms with E-state index in [0.29, 0.717) is 17.8 Å². The first-order chi connectivity index (χ1) is 15.7. The Morgan fingerprint density at radius 1 is 0.667 bits per heavy atom. The summed E-state index contributed by atoms with van der Waals surface area (Å²) < 4.78 is 213. The first kappa shape index (κ1) is 31.4. The van der Waals surface area contributed by atoms with E-state index in [0.717, 1.165) is 17.4 Å². The largest absolute Gasteiger partial charge is 0.393 e. The molecule has 0 aliphatic rings. The maximum atomic E-state index is 13.9. The normalized spacial score (nSPS) is 14.8. The summed E-state index contributed by atoms with van der Waals surface area (Å²) >= 11 is 0. The molecule has 0 fully saturated rings. The average Bonchev–Trinajstić information content (AvgIpc) is 2.72. The number of hydrogen-bond acceptors (Lipinski definition) is 2. The smallest absolute Gasteiger partial charge is 0.378 e. The van der Waals surface area contributed by atoms with Gasteiger partial charge in [-0.3, -0.25) is 4.79 Å². The number of alkyl halides is 16. The Kier molecular flexibility index (Phi) is 7.88. The fourth-order valence-corrected chi connectivity index (χ4v) is 2.33. The van der Waals surface area contributed by atoms with Crippen molar-refractivity contribution < 1.29 is 75.0 Å². The fraction of sp³-hybridized carbons (Fsp3) is 0.588. The molecule has 19 heteroatoms. The van der Waals surface area contributed by atoms with Crippen LogP contribution in [0.4, 0.5) is 81.6 Å². The van der Waals surface area contributed by atoms with Gasteiger partial charge in [0.15, 0.2) is 0 Å². The highest BCUT2D eigenvalue weighted by atomic mass is 19.4. The second-order valence-corrected chi connectivity index (χ2v) is 7.27. The van der Waals surface area contributed by atoms with E-state index >= 15 is 0 Å². The van der Waals surface area contributed by atoms with Crippen molar-refractivity contribution in [2.75, 3.05) is 24.3 Å². The lowest BCUT2D eigenvalue weighted by Crippen LogP contribution is -2.74. The summed E-state index contributed by atoms with van der Waals surface area (Å²) in [5, 5.41) is 0.866. The van der Waals surface area contributed by atoms with Gasteiger partial charge in [0, 0.05) is 25.5 Å². The number of rotatable bonds is 10. The number of hydrogen-bond donors (Lipinski definition) is 1. The van der Waals surface area contributed by atoms with Crippen LogP contribution in [0.2, 0.25) is 0 Å². The molecule has 1 N–H and O–H groups in total. The van der Waals surface area contributed by atoms with Gasteiger partial charge in [0.1, 0.15) is 0 Å². The molecule has 1 amide bonds. The molecule has 1 aromatic rings. The van der Waals surface area contributed by atoms with Crippen LogP contribution in [-0.2, 0) is 4.79 Å². The molecule has 0 aromatic heterocycles. The molecule has 0 atom stereocenters. The molecule has 0 radical (unpaired) electrons. The molecule has 0 aliphatic heterocycles. The highest BCUT2D eigenvalue weighted by Crippen LogP contribution is 2.62. The predicted octanol–water partition coefficient (Wildman–Crippen LogP) is 6.40. The molecule has 1 aromatic carbocycles. The van der Waals surface area contributed by atoms with Gasteiger partial charge in [-0.15, -0.1) is 0 Å². The lowest BCUT2D eigenvalue weighted by molar-refractivity contribution is -0.443. The number of anilines is 2. The summed E-state index contributed by atoms with van der Waals surface area (Å²) in [6.45, 7) is 0. The summed E-state index contributed by atoms with van der Waals surface area (Å²) in [6, 6.07) is 3.46. The van der Waals surface area contributed by atoms with Crippen molar-refractivity contribution in [2.24, 2.45) is 0 Å². The third-order valence-electron chi connectivity index (χ3n) is 4.59. The standard InChI is InChI=1S/C17H12F16N2O/c1-35(2)8-5-3-7(4-6-8)34-10(36)12(22,23)14(26,27)16(30,31)17(32,33)15(28,29)13(24,25)11(20,21)9(18)19/h3-6,9H,1-2H3,(H,34,36). The number of nitrogens with one attached hydrogen (secondary N) is 1. The molecule has 0 aliphatic carbocycles.